The highest BCUT2D eigenvalue weighted by molar-refractivity contribution is 5.76. The van der Waals surface area contributed by atoms with Gasteiger partial charge < -0.3 is 20.3 Å². The Kier molecular flexibility index (Phi) is 46.6. The third-order valence-corrected chi connectivity index (χ3v) is 11.7. The number of unbranched alkanes of at least 4 members (excludes halogenated alkanes) is 34. The van der Waals surface area contributed by atoms with Crippen molar-refractivity contribution < 1.29 is 24.5 Å². The highest BCUT2D eigenvalue weighted by Crippen LogP contribution is 2.16. The lowest BCUT2D eigenvalue weighted by atomic mass is 10.0. The second kappa shape index (κ2) is 48.0. The number of hydrogen-bond donors (Lipinski definition) is 3. The first-order chi connectivity index (χ1) is 28.5. The molecule has 6 nitrogen and oxygen atoms in total. The predicted molar refractivity (Wildman–Crippen MR) is 250 cm³/mol. The van der Waals surface area contributed by atoms with Crippen molar-refractivity contribution in [1.29, 1.82) is 0 Å². The number of nitrogens with one attached hydrogen (secondary N) is 1. The zero-order chi connectivity index (χ0) is 42.3. The van der Waals surface area contributed by atoms with Crippen LogP contribution in [0.2, 0.25) is 0 Å². The maximum atomic E-state index is 12.4. The van der Waals surface area contributed by atoms with E-state index in [9.17, 15) is 19.8 Å². The van der Waals surface area contributed by atoms with Crippen LogP contribution in [0, 0.1) is 0 Å². The van der Waals surface area contributed by atoms with Gasteiger partial charge in [-0.2, -0.15) is 0 Å². The first-order valence-electron chi connectivity index (χ1n) is 25.6. The van der Waals surface area contributed by atoms with E-state index in [-0.39, 0.29) is 18.5 Å². The van der Waals surface area contributed by atoms with Gasteiger partial charge in [0.15, 0.2) is 0 Å². The molecule has 1 amide bonds. The average Bonchev–Trinajstić information content (AvgIpc) is 3.22. The fourth-order valence-electron chi connectivity index (χ4n) is 7.74. The van der Waals surface area contributed by atoms with Crippen molar-refractivity contribution in [3.63, 3.8) is 0 Å². The first kappa shape index (κ1) is 56.3. The first-order valence-corrected chi connectivity index (χ1v) is 25.6. The van der Waals surface area contributed by atoms with Crippen LogP contribution in [0.25, 0.3) is 0 Å². The molecule has 0 spiro atoms. The van der Waals surface area contributed by atoms with Crippen LogP contribution >= 0.6 is 0 Å². The summed E-state index contributed by atoms with van der Waals surface area (Å²) >= 11 is 0. The van der Waals surface area contributed by atoms with Gasteiger partial charge >= 0.3 is 5.97 Å². The Hall–Kier alpha value is -1.66. The van der Waals surface area contributed by atoms with Gasteiger partial charge in [-0.25, -0.2) is 0 Å². The summed E-state index contributed by atoms with van der Waals surface area (Å²) in [4.78, 5) is 24.4. The normalized spacial score (nSPS) is 12.8. The summed E-state index contributed by atoms with van der Waals surface area (Å²) < 4.78 is 5.46. The number of amides is 1. The van der Waals surface area contributed by atoms with E-state index in [1.807, 2.05) is 6.08 Å². The number of aliphatic hydroxyl groups excluding tert-OH is 2. The number of esters is 1. The van der Waals surface area contributed by atoms with Crippen LogP contribution in [0.1, 0.15) is 271 Å². The van der Waals surface area contributed by atoms with E-state index in [4.69, 9.17) is 4.74 Å². The molecule has 2 atom stereocenters. The van der Waals surface area contributed by atoms with Crippen LogP contribution in [0.3, 0.4) is 0 Å². The largest absolute Gasteiger partial charge is 0.466 e. The van der Waals surface area contributed by atoms with Gasteiger partial charge in [0, 0.05) is 12.8 Å². The number of aliphatic hydroxyl groups is 2. The van der Waals surface area contributed by atoms with Gasteiger partial charge in [-0.3, -0.25) is 9.59 Å². The molecule has 0 saturated heterocycles. The summed E-state index contributed by atoms with van der Waals surface area (Å²) in [5, 5.41) is 23.0. The van der Waals surface area contributed by atoms with Gasteiger partial charge in [-0.05, 0) is 57.8 Å². The maximum Gasteiger partial charge on any atom is 0.305 e. The molecule has 6 heteroatoms. The van der Waals surface area contributed by atoms with E-state index < -0.39 is 12.1 Å². The van der Waals surface area contributed by atoms with Crippen molar-refractivity contribution in [2.75, 3.05) is 13.2 Å². The van der Waals surface area contributed by atoms with Crippen LogP contribution in [0.15, 0.2) is 24.3 Å². The molecular weight excluding hydrogens is 719 g/mol. The zero-order valence-electron chi connectivity index (χ0n) is 38.8. The fraction of sp³-hybridized carbons (Fsp3) is 0.885. The number of rotatable bonds is 47. The minimum Gasteiger partial charge on any atom is -0.466 e. The van der Waals surface area contributed by atoms with E-state index in [1.165, 1.54) is 173 Å². The minimum absolute atomic E-state index is 0.0111. The van der Waals surface area contributed by atoms with E-state index >= 15 is 0 Å². The average molecular weight is 818 g/mol. The molecule has 0 aliphatic heterocycles. The summed E-state index contributed by atoms with van der Waals surface area (Å²) in [5.74, 6) is -0.110. The smallest absolute Gasteiger partial charge is 0.305 e. The zero-order valence-corrected chi connectivity index (χ0v) is 38.8. The highest BCUT2D eigenvalue weighted by atomic mass is 16.5. The van der Waals surface area contributed by atoms with Crippen LogP contribution in [0.4, 0.5) is 0 Å². The van der Waals surface area contributed by atoms with Crippen LogP contribution in [-0.2, 0) is 14.3 Å². The molecule has 0 aromatic heterocycles. The van der Waals surface area contributed by atoms with Gasteiger partial charge in [0.05, 0.1) is 25.4 Å². The summed E-state index contributed by atoms with van der Waals surface area (Å²) in [5.41, 5.74) is 0. The molecule has 0 aliphatic rings. The fourth-order valence-corrected chi connectivity index (χ4v) is 7.74. The third kappa shape index (κ3) is 43.9. The third-order valence-electron chi connectivity index (χ3n) is 11.7. The lowest BCUT2D eigenvalue weighted by Gasteiger charge is -2.19. The molecule has 0 rings (SSSR count). The Morgan fingerprint density at radius 2 is 0.810 bits per heavy atom. The summed E-state index contributed by atoms with van der Waals surface area (Å²) in [6.07, 6.45) is 56.1. The lowest BCUT2D eigenvalue weighted by Crippen LogP contribution is -2.45. The number of hydrogen-bond acceptors (Lipinski definition) is 5. The monoisotopic (exact) mass is 818 g/mol. The van der Waals surface area contributed by atoms with Crippen LogP contribution in [-0.4, -0.2) is 47.4 Å². The molecular formula is C52H99NO5. The molecule has 0 fully saturated rings. The van der Waals surface area contributed by atoms with Gasteiger partial charge in [-0.15, -0.1) is 0 Å². The molecule has 58 heavy (non-hydrogen) atoms. The van der Waals surface area contributed by atoms with Crippen molar-refractivity contribution in [1.82, 2.24) is 5.32 Å². The molecule has 0 saturated carbocycles. The molecule has 2 unspecified atom stereocenters. The Balaban J connectivity index is 3.50. The summed E-state index contributed by atoms with van der Waals surface area (Å²) in [7, 11) is 0. The van der Waals surface area contributed by atoms with Crippen molar-refractivity contribution in [3.8, 4) is 0 Å². The minimum atomic E-state index is -0.859. The van der Waals surface area contributed by atoms with E-state index in [0.717, 1.165) is 70.6 Å². The van der Waals surface area contributed by atoms with Gasteiger partial charge in [0.1, 0.15) is 0 Å². The highest BCUT2D eigenvalue weighted by Gasteiger charge is 2.18. The Labute approximate surface area is 361 Å². The summed E-state index contributed by atoms with van der Waals surface area (Å²) in [6.45, 7) is 4.85. The molecule has 0 heterocycles. The van der Waals surface area contributed by atoms with Crippen LogP contribution < -0.4 is 5.32 Å². The van der Waals surface area contributed by atoms with Crippen LogP contribution in [0.5, 0.6) is 0 Å². The predicted octanol–water partition coefficient (Wildman–Crippen LogP) is 15.1. The Bertz CT molecular complexity index is 904. The van der Waals surface area contributed by atoms with Gasteiger partial charge in [0.25, 0.3) is 0 Å². The van der Waals surface area contributed by atoms with E-state index in [1.54, 1.807) is 6.08 Å². The maximum absolute atomic E-state index is 12.4. The molecule has 342 valence electrons. The second-order valence-electron chi connectivity index (χ2n) is 17.5. The van der Waals surface area contributed by atoms with E-state index in [2.05, 4.69) is 31.3 Å². The Morgan fingerprint density at radius 1 is 0.466 bits per heavy atom. The van der Waals surface area contributed by atoms with Crippen molar-refractivity contribution >= 4 is 11.9 Å². The molecule has 0 bridgehead atoms. The van der Waals surface area contributed by atoms with Gasteiger partial charge in [-0.1, -0.05) is 224 Å². The van der Waals surface area contributed by atoms with Crippen molar-refractivity contribution in [3.05, 3.63) is 24.3 Å². The molecule has 0 aromatic rings. The lowest BCUT2D eigenvalue weighted by molar-refractivity contribution is -0.143. The Morgan fingerprint density at radius 3 is 1.24 bits per heavy atom. The standard InChI is InChI=1S/C52H99NO5/c1-3-5-7-9-11-13-15-17-18-19-22-26-30-34-38-42-46-52(57)58-47-43-39-35-31-27-23-20-21-25-29-33-37-41-45-51(56)53-49(48-54)50(55)44-40-36-32-28-24-16-14-12-10-8-6-4-2/h21,25,40,44,49-50,54-55H,3-20,22-24,26-39,41-43,45-48H2,1-2H3,(H,53,56)/b25-21-,44-40+. The SMILES string of the molecule is CCCCCCCCCCCC/C=C/C(O)C(CO)NC(=O)CCCCC/C=C\CCCCCCCCOC(=O)CCCCCCCCCCCCCCCCCC. The van der Waals surface area contributed by atoms with Crippen molar-refractivity contribution in [2.24, 2.45) is 0 Å². The molecule has 0 radical (unpaired) electrons. The van der Waals surface area contributed by atoms with Gasteiger partial charge in [0.2, 0.25) is 5.91 Å². The molecule has 0 aromatic carbocycles. The van der Waals surface area contributed by atoms with Crippen molar-refractivity contribution in [2.45, 2.75) is 283 Å². The summed E-state index contributed by atoms with van der Waals surface area (Å²) in [6, 6.07) is -0.646. The van der Waals surface area contributed by atoms with E-state index in [0.29, 0.717) is 19.4 Å². The number of carbonyl (C=O) groups is 2. The topological polar surface area (TPSA) is 95.9 Å². The number of allylic oxidation sites excluding steroid dienone is 3. The molecule has 3 N–H and O–H groups in total. The number of carbonyl (C=O) groups excluding carboxylic acids is 2. The molecule has 0 aliphatic carbocycles. The second-order valence-corrected chi connectivity index (χ2v) is 17.5. The quantitative estimate of drug-likeness (QED) is 0.0323. The number of ether oxygens (including phenoxy) is 1.